The van der Waals surface area contributed by atoms with E-state index < -0.39 is 11.2 Å². The highest BCUT2D eigenvalue weighted by Crippen LogP contribution is 2.13. The van der Waals surface area contributed by atoms with Crippen LogP contribution in [0.1, 0.15) is 6.42 Å². The predicted molar refractivity (Wildman–Crippen MR) is 98.2 cm³/mol. The fourth-order valence-corrected chi connectivity index (χ4v) is 2.88. The van der Waals surface area contributed by atoms with Crippen molar-refractivity contribution in [2.75, 3.05) is 5.32 Å². The number of para-hydroxylation sites is 3. The van der Waals surface area contributed by atoms with Gasteiger partial charge in [0.15, 0.2) is 0 Å². The third-order valence-electron chi connectivity index (χ3n) is 4.11. The standard InChI is InChI=1S/C18H15N5O3/c24-15(21-17-19-12-6-2-3-7-13(12)20-17)9-10-23-14-8-4-1-5-11(14)16(25)22-18(23)26/h1-8H,9-10H2,(H,22,25,26)(H2,19,20,21,24). The molecule has 26 heavy (non-hydrogen) atoms. The molecule has 0 radical (unpaired) electrons. The Balaban J connectivity index is 1.54. The average molecular weight is 349 g/mol. The quantitative estimate of drug-likeness (QED) is 0.519. The van der Waals surface area contributed by atoms with Gasteiger partial charge in [-0.3, -0.25) is 24.5 Å². The highest BCUT2D eigenvalue weighted by molar-refractivity contribution is 5.91. The van der Waals surface area contributed by atoms with E-state index in [0.717, 1.165) is 11.0 Å². The molecule has 0 atom stereocenters. The first-order valence-corrected chi connectivity index (χ1v) is 8.08. The summed E-state index contributed by atoms with van der Waals surface area (Å²) in [7, 11) is 0. The van der Waals surface area contributed by atoms with Gasteiger partial charge in [0, 0.05) is 13.0 Å². The molecular weight excluding hydrogens is 334 g/mol. The molecule has 0 fully saturated rings. The lowest BCUT2D eigenvalue weighted by atomic mass is 10.2. The van der Waals surface area contributed by atoms with Crippen LogP contribution in [0.2, 0.25) is 0 Å². The number of carbonyl (C=O) groups excluding carboxylic acids is 1. The van der Waals surface area contributed by atoms with Crippen molar-refractivity contribution < 1.29 is 4.79 Å². The maximum Gasteiger partial charge on any atom is 0.328 e. The van der Waals surface area contributed by atoms with Crippen LogP contribution in [0.15, 0.2) is 58.1 Å². The minimum absolute atomic E-state index is 0.0625. The Hall–Kier alpha value is -3.68. The Bertz CT molecular complexity index is 1200. The van der Waals surface area contributed by atoms with Crippen LogP contribution >= 0.6 is 0 Å². The fourth-order valence-electron chi connectivity index (χ4n) is 2.88. The Kier molecular flexibility index (Phi) is 3.85. The lowest BCUT2D eigenvalue weighted by Crippen LogP contribution is -2.31. The van der Waals surface area contributed by atoms with Gasteiger partial charge in [0.1, 0.15) is 0 Å². The van der Waals surface area contributed by atoms with Gasteiger partial charge in [-0.1, -0.05) is 24.3 Å². The van der Waals surface area contributed by atoms with E-state index in [4.69, 9.17) is 0 Å². The number of aryl methyl sites for hydroxylation is 1. The van der Waals surface area contributed by atoms with Gasteiger partial charge >= 0.3 is 5.69 Å². The lowest BCUT2D eigenvalue weighted by molar-refractivity contribution is -0.116. The molecule has 0 aliphatic carbocycles. The second-order valence-electron chi connectivity index (χ2n) is 5.83. The number of benzene rings is 2. The minimum atomic E-state index is -0.537. The zero-order chi connectivity index (χ0) is 18.1. The second-order valence-corrected chi connectivity index (χ2v) is 5.83. The molecule has 0 aliphatic rings. The first kappa shape index (κ1) is 15.8. The Morgan fingerprint density at radius 3 is 2.65 bits per heavy atom. The van der Waals surface area contributed by atoms with E-state index in [2.05, 4.69) is 20.3 Å². The number of aromatic amines is 2. The van der Waals surface area contributed by atoms with E-state index in [1.54, 1.807) is 24.3 Å². The molecule has 4 rings (SSSR count). The predicted octanol–water partition coefficient (Wildman–Crippen LogP) is 1.59. The minimum Gasteiger partial charge on any atom is -0.324 e. The van der Waals surface area contributed by atoms with E-state index in [-0.39, 0.29) is 18.9 Å². The molecular formula is C18H15N5O3. The maximum absolute atomic E-state index is 12.2. The number of carbonyl (C=O) groups is 1. The van der Waals surface area contributed by atoms with Gasteiger partial charge in [-0.05, 0) is 24.3 Å². The number of nitrogens with one attached hydrogen (secondary N) is 3. The van der Waals surface area contributed by atoms with E-state index >= 15 is 0 Å². The summed E-state index contributed by atoms with van der Waals surface area (Å²) in [6.07, 6.45) is 0.0625. The van der Waals surface area contributed by atoms with Crippen LogP contribution in [-0.2, 0) is 11.3 Å². The van der Waals surface area contributed by atoms with Crippen molar-refractivity contribution in [2.24, 2.45) is 0 Å². The van der Waals surface area contributed by atoms with E-state index in [1.165, 1.54) is 4.57 Å². The maximum atomic E-state index is 12.2. The molecule has 0 spiro atoms. The first-order valence-electron chi connectivity index (χ1n) is 8.08. The van der Waals surface area contributed by atoms with Crippen LogP contribution in [0.3, 0.4) is 0 Å². The van der Waals surface area contributed by atoms with Gasteiger partial charge in [-0.2, -0.15) is 0 Å². The van der Waals surface area contributed by atoms with Gasteiger partial charge in [-0.25, -0.2) is 9.78 Å². The summed E-state index contributed by atoms with van der Waals surface area (Å²) in [4.78, 5) is 45.7. The number of aromatic nitrogens is 4. The van der Waals surface area contributed by atoms with Crippen molar-refractivity contribution in [1.29, 1.82) is 0 Å². The zero-order valence-corrected chi connectivity index (χ0v) is 13.7. The van der Waals surface area contributed by atoms with Gasteiger partial charge in [-0.15, -0.1) is 0 Å². The van der Waals surface area contributed by atoms with Crippen molar-refractivity contribution in [1.82, 2.24) is 19.5 Å². The third-order valence-corrected chi connectivity index (χ3v) is 4.11. The zero-order valence-electron chi connectivity index (χ0n) is 13.7. The number of amides is 1. The summed E-state index contributed by atoms with van der Waals surface area (Å²) >= 11 is 0. The number of anilines is 1. The molecule has 2 heterocycles. The smallest absolute Gasteiger partial charge is 0.324 e. The summed E-state index contributed by atoms with van der Waals surface area (Å²) in [6, 6.07) is 14.2. The Morgan fingerprint density at radius 2 is 1.81 bits per heavy atom. The van der Waals surface area contributed by atoms with E-state index in [0.29, 0.717) is 16.9 Å². The van der Waals surface area contributed by atoms with Gasteiger partial charge in [0.05, 0.1) is 21.9 Å². The van der Waals surface area contributed by atoms with Gasteiger partial charge in [0.25, 0.3) is 5.56 Å². The van der Waals surface area contributed by atoms with Crippen molar-refractivity contribution >= 4 is 33.8 Å². The number of H-pyrrole nitrogens is 2. The largest absolute Gasteiger partial charge is 0.328 e. The van der Waals surface area contributed by atoms with Crippen molar-refractivity contribution in [2.45, 2.75) is 13.0 Å². The van der Waals surface area contributed by atoms with E-state index in [1.807, 2.05) is 24.3 Å². The summed E-state index contributed by atoms with van der Waals surface area (Å²) in [5, 5.41) is 3.09. The number of fused-ring (bicyclic) bond motifs is 2. The molecule has 130 valence electrons. The van der Waals surface area contributed by atoms with Crippen LogP contribution in [0.4, 0.5) is 5.95 Å². The number of hydrogen-bond acceptors (Lipinski definition) is 4. The summed E-state index contributed by atoms with van der Waals surface area (Å²) in [5.41, 5.74) is 1.10. The van der Waals surface area contributed by atoms with Crippen LogP contribution in [0.25, 0.3) is 21.9 Å². The van der Waals surface area contributed by atoms with Gasteiger partial charge < -0.3 is 4.98 Å². The number of hydrogen-bond donors (Lipinski definition) is 3. The normalized spacial score (nSPS) is 11.1. The summed E-state index contributed by atoms with van der Waals surface area (Å²) in [5.74, 6) is 0.0705. The summed E-state index contributed by atoms with van der Waals surface area (Å²) < 4.78 is 1.38. The van der Waals surface area contributed by atoms with Crippen LogP contribution in [0, 0.1) is 0 Å². The SMILES string of the molecule is O=C(CCn1c(=O)[nH]c(=O)c2ccccc21)Nc1nc2ccccc2[nH]1. The number of rotatable bonds is 4. The highest BCUT2D eigenvalue weighted by Gasteiger charge is 2.10. The second kappa shape index (κ2) is 6.32. The molecule has 3 N–H and O–H groups in total. The Labute approximate surface area is 146 Å². The van der Waals surface area contributed by atoms with Crippen molar-refractivity contribution in [3.63, 3.8) is 0 Å². The van der Waals surface area contributed by atoms with Crippen LogP contribution in [0.5, 0.6) is 0 Å². The molecule has 2 aromatic heterocycles. The van der Waals surface area contributed by atoms with E-state index in [9.17, 15) is 14.4 Å². The molecule has 2 aromatic carbocycles. The average Bonchev–Trinajstić information content (AvgIpc) is 3.03. The molecule has 8 heteroatoms. The first-order chi connectivity index (χ1) is 12.6. The molecule has 0 bridgehead atoms. The number of imidazole rings is 1. The van der Waals surface area contributed by atoms with Crippen molar-refractivity contribution in [3.05, 3.63) is 69.4 Å². The summed E-state index contributed by atoms with van der Waals surface area (Å²) in [6.45, 7) is 0.141. The van der Waals surface area contributed by atoms with Crippen molar-refractivity contribution in [3.8, 4) is 0 Å². The number of nitrogens with zero attached hydrogens (tertiary/aromatic N) is 2. The Morgan fingerprint density at radius 1 is 1.04 bits per heavy atom. The molecule has 1 amide bonds. The third kappa shape index (κ3) is 2.88. The topological polar surface area (TPSA) is 113 Å². The van der Waals surface area contributed by atoms with Crippen LogP contribution in [-0.4, -0.2) is 25.4 Å². The monoisotopic (exact) mass is 349 g/mol. The molecule has 0 unspecified atom stereocenters. The highest BCUT2D eigenvalue weighted by atomic mass is 16.2. The molecule has 0 saturated heterocycles. The fraction of sp³-hybridized carbons (Fsp3) is 0.111. The molecule has 0 saturated carbocycles. The lowest BCUT2D eigenvalue weighted by Gasteiger charge is -2.09. The molecule has 4 aromatic rings. The van der Waals surface area contributed by atoms with Gasteiger partial charge in [0.2, 0.25) is 11.9 Å². The molecule has 8 nitrogen and oxygen atoms in total. The van der Waals surface area contributed by atoms with Crippen LogP contribution < -0.4 is 16.6 Å². The molecule has 0 aliphatic heterocycles.